The van der Waals surface area contributed by atoms with E-state index in [1.807, 2.05) is 48.5 Å². The zero-order valence-corrected chi connectivity index (χ0v) is 19.7. The SMILES string of the molecule is CCN(CC)CCOc1ccc(C(O)(Cc2ccc(C)cc2)c2ccc(OC)cc2)cc1. The highest BCUT2D eigenvalue weighted by atomic mass is 16.5. The minimum Gasteiger partial charge on any atom is -0.497 e. The molecule has 0 saturated carbocycles. The van der Waals surface area contributed by atoms with Crippen LogP contribution in [0, 0.1) is 6.92 Å². The predicted molar refractivity (Wildman–Crippen MR) is 131 cm³/mol. The number of aryl methyl sites for hydroxylation is 1. The Morgan fingerprint density at radius 1 is 0.781 bits per heavy atom. The van der Waals surface area contributed by atoms with Gasteiger partial charge in [0.1, 0.15) is 23.7 Å². The molecular weight excluding hydrogens is 398 g/mol. The molecule has 0 aliphatic rings. The van der Waals surface area contributed by atoms with E-state index >= 15 is 0 Å². The van der Waals surface area contributed by atoms with Gasteiger partial charge in [0.15, 0.2) is 0 Å². The molecule has 3 rings (SSSR count). The normalized spacial score (nSPS) is 13.1. The molecule has 0 aromatic heterocycles. The minimum absolute atomic E-state index is 0.474. The largest absolute Gasteiger partial charge is 0.497 e. The fraction of sp³-hybridized carbons (Fsp3) is 0.357. The fourth-order valence-electron chi connectivity index (χ4n) is 3.90. The van der Waals surface area contributed by atoms with Crippen molar-refractivity contribution in [3.63, 3.8) is 0 Å². The van der Waals surface area contributed by atoms with Gasteiger partial charge in [-0.15, -0.1) is 0 Å². The molecule has 32 heavy (non-hydrogen) atoms. The van der Waals surface area contributed by atoms with Crippen LogP contribution in [0.5, 0.6) is 11.5 Å². The Morgan fingerprint density at radius 3 is 1.81 bits per heavy atom. The second-order valence-corrected chi connectivity index (χ2v) is 8.15. The number of likely N-dealkylation sites (N-methyl/N-ethyl adjacent to an activating group) is 1. The number of rotatable bonds is 11. The summed E-state index contributed by atoms with van der Waals surface area (Å²) in [5, 5.41) is 12.0. The van der Waals surface area contributed by atoms with Gasteiger partial charge in [-0.05, 0) is 61.0 Å². The first kappa shape index (κ1) is 23.8. The van der Waals surface area contributed by atoms with Gasteiger partial charge < -0.3 is 19.5 Å². The first-order valence-corrected chi connectivity index (χ1v) is 11.4. The highest BCUT2D eigenvalue weighted by molar-refractivity contribution is 5.42. The van der Waals surface area contributed by atoms with Crippen molar-refractivity contribution in [2.75, 3.05) is 33.4 Å². The first-order chi connectivity index (χ1) is 15.5. The van der Waals surface area contributed by atoms with Crippen LogP contribution in [0.4, 0.5) is 0 Å². The van der Waals surface area contributed by atoms with Crippen LogP contribution < -0.4 is 9.47 Å². The van der Waals surface area contributed by atoms with E-state index in [2.05, 4.69) is 49.9 Å². The number of benzene rings is 3. The van der Waals surface area contributed by atoms with Gasteiger partial charge in [-0.25, -0.2) is 0 Å². The molecule has 0 heterocycles. The topological polar surface area (TPSA) is 41.9 Å². The van der Waals surface area contributed by atoms with Crippen molar-refractivity contribution in [1.29, 1.82) is 0 Å². The lowest BCUT2D eigenvalue weighted by molar-refractivity contribution is 0.0810. The minimum atomic E-state index is -1.17. The molecule has 0 saturated heterocycles. The van der Waals surface area contributed by atoms with Crippen LogP contribution in [-0.4, -0.2) is 43.4 Å². The molecule has 3 aromatic rings. The van der Waals surface area contributed by atoms with Crippen LogP contribution in [0.2, 0.25) is 0 Å². The molecule has 0 spiro atoms. The van der Waals surface area contributed by atoms with E-state index in [-0.39, 0.29) is 0 Å². The number of aliphatic hydroxyl groups is 1. The maximum absolute atomic E-state index is 12.0. The molecule has 1 atom stereocenters. The molecular formula is C28H35NO3. The summed E-state index contributed by atoms with van der Waals surface area (Å²) in [5.41, 5.74) is 2.77. The van der Waals surface area contributed by atoms with Crippen LogP contribution in [0.1, 0.15) is 36.1 Å². The molecule has 170 valence electrons. The summed E-state index contributed by atoms with van der Waals surface area (Å²) < 4.78 is 11.2. The van der Waals surface area contributed by atoms with Crippen LogP contribution >= 0.6 is 0 Å². The van der Waals surface area contributed by atoms with Crippen LogP contribution in [0.25, 0.3) is 0 Å². The van der Waals surface area contributed by atoms with Gasteiger partial charge in [-0.1, -0.05) is 67.9 Å². The number of ether oxygens (including phenoxy) is 2. The van der Waals surface area contributed by atoms with Gasteiger partial charge in [-0.2, -0.15) is 0 Å². The Balaban J connectivity index is 1.84. The Labute approximate surface area is 192 Å². The quantitative estimate of drug-likeness (QED) is 0.451. The van der Waals surface area contributed by atoms with Gasteiger partial charge in [0.25, 0.3) is 0 Å². The van der Waals surface area contributed by atoms with Crippen molar-refractivity contribution >= 4 is 0 Å². The van der Waals surface area contributed by atoms with E-state index in [0.29, 0.717) is 13.0 Å². The van der Waals surface area contributed by atoms with Crippen molar-refractivity contribution in [2.45, 2.75) is 32.8 Å². The first-order valence-electron chi connectivity index (χ1n) is 11.4. The van der Waals surface area contributed by atoms with Crippen LogP contribution in [0.15, 0.2) is 72.8 Å². The van der Waals surface area contributed by atoms with E-state index < -0.39 is 5.60 Å². The standard InChI is InChI=1S/C28H35NO3/c1-5-29(6-2)19-20-32-27-17-13-25(14-18-27)28(30,21-23-9-7-22(3)8-10-23)24-11-15-26(31-4)16-12-24/h7-18,30H,5-6,19-21H2,1-4H3. The third-order valence-corrected chi connectivity index (χ3v) is 6.05. The van der Waals surface area contributed by atoms with E-state index in [1.54, 1.807) is 7.11 Å². The van der Waals surface area contributed by atoms with Crippen LogP contribution in [0.3, 0.4) is 0 Å². The average molecular weight is 434 g/mol. The molecule has 4 nitrogen and oxygen atoms in total. The summed E-state index contributed by atoms with van der Waals surface area (Å²) in [6.45, 7) is 9.97. The summed E-state index contributed by atoms with van der Waals surface area (Å²) in [7, 11) is 1.65. The highest BCUT2D eigenvalue weighted by Gasteiger charge is 2.32. The van der Waals surface area contributed by atoms with E-state index in [1.165, 1.54) is 5.56 Å². The van der Waals surface area contributed by atoms with Crippen molar-refractivity contribution in [2.24, 2.45) is 0 Å². The third-order valence-electron chi connectivity index (χ3n) is 6.05. The monoisotopic (exact) mass is 433 g/mol. The average Bonchev–Trinajstić information content (AvgIpc) is 2.83. The molecule has 0 amide bonds. The molecule has 1 unspecified atom stereocenters. The van der Waals surface area contributed by atoms with Gasteiger partial charge in [-0.3, -0.25) is 0 Å². The van der Waals surface area contributed by atoms with Crippen LogP contribution in [-0.2, 0) is 12.0 Å². The van der Waals surface area contributed by atoms with Gasteiger partial charge >= 0.3 is 0 Å². The smallest absolute Gasteiger partial charge is 0.119 e. The number of hydrogen-bond donors (Lipinski definition) is 1. The second-order valence-electron chi connectivity index (χ2n) is 8.15. The third kappa shape index (κ3) is 5.90. The van der Waals surface area contributed by atoms with Crippen molar-refractivity contribution in [3.8, 4) is 11.5 Å². The van der Waals surface area contributed by atoms with Gasteiger partial charge in [0, 0.05) is 13.0 Å². The molecule has 0 fully saturated rings. The molecule has 4 heteroatoms. The molecule has 0 bridgehead atoms. The van der Waals surface area contributed by atoms with Crippen molar-refractivity contribution in [3.05, 3.63) is 95.1 Å². The molecule has 0 radical (unpaired) electrons. The number of nitrogens with zero attached hydrogens (tertiary/aromatic N) is 1. The second kappa shape index (κ2) is 11.2. The summed E-state index contributed by atoms with van der Waals surface area (Å²) in [6.07, 6.45) is 0.474. The summed E-state index contributed by atoms with van der Waals surface area (Å²) in [4.78, 5) is 2.33. The van der Waals surface area contributed by atoms with E-state index in [9.17, 15) is 5.11 Å². The summed E-state index contributed by atoms with van der Waals surface area (Å²) >= 11 is 0. The Hall–Kier alpha value is -2.82. The lowest BCUT2D eigenvalue weighted by atomic mass is 9.81. The maximum Gasteiger partial charge on any atom is 0.119 e. The summed E-state index contributed by atoms with van der Waals surface area (Å²) in [5.74, 6) is 1.58. The Kier molecular flexibility index (Phi) is 8.32. The zero-order chi connectivity index (χ0) is 23.0. The molecule has 1 N–H and O–H groups in total. The Morgan fingerprint density at radius 2 is 1.31 bits per heavy atom. The van der Waals surface area contributed by atoms with E-state index in [0.717, 1.165) is 47.8 Å². The molecule has 3 aromatic carbocycles. The summed E-state index contributed by atoms with van der Waals surface area (Å²) in [6, 6.07) is 23.8. The lowest BCUT2D eigenvalue weighted by Gasteiger charge is -2.30. The molecule has 0 aliphatic heterocycles. The van der Waals surface area contributed by atoms with Crippen molar-refractivity contribution < 1.29 is 14.6 Å². The Bertz CT molecular complexity index is 947. The highest BCUT2D eigenvalue weighted by Crippen LogP contribution is 2.35. The number of hydrogen-bond acceptors (Lipinski definition) is 4. The zero-order valence-electron chi connectivity index (χ0n) is 19.7. The van der Waals surface area contributed by atoms with Gasteiger partial charge in [0.05, 0.1) is 7.11 Å². The fourth-order valence-corrected chi connectivity index (χ4v) is 3.90. The molecule has 0 aliphatic carbocycles. The van der Waals surface area contributed by atoms with Crippen molar-refractivity contribution in [1.82, 2.24) is 4.90 Å². The van der Waals surface area contributed by atoms with E-state index in [4.69, 9.17) is 9.47 Å². The lowest BCUT2D eigenvalue weighted by Crippen LogP contribution is -2.30. The van der Waals surface area contributed by atoms with Gasteiger partial charge in [0.2, 0.25) is 0 Å². The predicted octanol–water partition coefficient (Wildman–Crippen LogP) is 5.20. The maximum atomic E-state index is 12.0. The number of methoxy groups -OCH3 is 1.